The van der Waals surface area contributed by atoms with Crippen molar-refractivity contribution in [3.05, 3.63) is 191 Å². The standard InChI is InChI=1S/C22H27FN4O5S.C20H22ClFN4O5S.C20H22F2N4O5S.C20H23FN4O5S/c1-27-19(25)26-22(13-32-15(7-30-2)6-18(22)33(27,28)29)16-5-14(3-4-17(16)23)31-12-21-8-20(9-21,10-21)11-24;1-26-19(23)25-20(11-30-13(10-29-2)8-18(20)32(26,27)28)14-7-12(3-4-16(14)22)31-17-9-24-6-5-15(17)21;1-26-19(23)25-20(11-30-13(10-29-2)8-18(20)32(26,27)28)14-7-12(3-4-15(14)21)31-17-5-6-24-9-16(17)22;1-25-19(22)24-20(12-29-15(11-28-2)9-18(20)31(25,26)27)16-8-13(5-6-17(16)21)30-14-4-3-7-23-10-14/h3-5,15,18H,6-10,12-13H2,1-2H3,(H2,25,26);2*3-7,9,13,18H,8,10-11H2,1-2H3,(H2,23,25);3-8,10,15,18H,9,11-12H2,1-2H3,(H2,22,24)/t15-,18-,20?,21?,22-;2*13-,18-,20-;15-,18-,20-/m1111/s1. The molecular weight excluding hydrogens is 1790 g/mol. The van der Waals surface area contributed by atoms with Gasteiger partial charge in [0.2, 0.25) is 63.9 Å². The summed E-state index contributed by atoms with van der Waals surface area (Å²) in [5.74, 6) is -2.69. The van der Waals surface area contributed by atoms with Crippen LogP contribution in [-0.4, -0.2) is 251 Å². The van der Waals surface area contributed by atoms with Gasteiger partial charge >= 0.3 is 0 Å². The molecule has 46 heteroatoms. The largest absolute Gasteiger partial charge is 0.493 e. The molecule has 7 aromatic rings. The highest BCUT2D eigenvalue weighted by atomic mass is 35.5. The maximum Gasteiger partial charge on any atom is 0.243 e. The van der Waals surface area contributed by atoms with E-state index in [1.807, 2.05) is 0 Å². The van der Waals surface area contributed by atoms with Crippen LogP contribution < -0.4 is 41.9 Å². The average Bonchev–Trinajstić information content (AvgIpc) is 0.686. The molecule has 688 valence electrons. The fraction of sp³-hybridized carbons (Fsp3) is 0.463. The van der Waals surface area contributed by atoms with Crippen molar-refractivity contribution in [1.29, 1.82) is 5.26 Å². The molecule has 2 bridgehead atoms. The zero-order valence-electron chi connectivity index (χ0n) is 70.4. The van der Waals surface area contributed by atoms with Crippen LogP contribution in [0.15, 0.2) is 154 Å². The molecule has 0 unspecified atom stereocenters. The lowest BCUT2D eigenvalue weighted by molar-refractivity contribution is -0.181. The quantitative estimate of drug-likeness (QED) is 0.0522. The highest BCUT2D eigenvalue weighted by Crippen LogP contribution is 2.73. The molecule has 7 fully saturated rings. The van der Waals surface area contributed by atoms with Crippen molar-refractivity contribution in [2.24, 2.45) is 53.7 Å². The number of aromatic nitrogens is 3. The van der Waals surface area contributed by atoms with E-state index in [4.69, 9.17) is 91.4 Å². The van der Waals surface area contributed by atoms with Gasteiger partial charge in [-0.25, -0.2) is 92.8 Å². The third-order valence-electron chi connectivity index (χ3n) is 24.5. The molecule has 0 radical (unpaired) electrons. The molecule has 4 saturated heterocycles. The van der Waals surface area contributed by atoms with Crippen molar-refractivity contribution in [3.8, 4) is 46.3 Å². The normalized spacial score (nSPS) is 29.9. The number of halogens is 6. The first-order valence-corrected chi connectivity index (χ1v) is 46.2. The van der Waals surface area contributed by atoms with E-state index in [1.54, 1.807) is 24.4 Å². The fourth-order valence-corrected chi connectivity index (χ4v) is 25.6. The van der Waals surface area contributed by atoms with E-state index in [0.717, 1.165) is 48.7 Å². The Morgan fingerprint density at radius 1 is 0.430 bits per heavy atom. The zero-order valence-corrected chi connectivity index (χ0v) is 74.4. The smallest absolute Gasteiger partial charge is 0.243 e. The minimum atomic E-state index is -4.00. The summed E-state index contributed by atoms with van der Waals surface area (Å²) >= 11 is 6.13. The Balaban J connectivity index is 0.000000138. The van der Waals surface area contributed by atoms with Crippen LogP contribution in [0.4, 0.5) is 22.0 Å². The topological polar surface area (TPSA) is 476 Å². The van der Waals surface area contributed by atoms with Crippen molar-refractivity contribution in [3.63, 3.8) is 0 Å². The Bertz CT molecular complexity index is 5830. The Kier molecular flexibility index (Phi) is 26.7. The van der Waals surface area contributed by atoms with Crippen molar-refractivity contribution < 1.29 is 112 Å². The first kappa shape index (κ1) is 93.7. The van der Waals surface area contributed by atoms with Gasteiger partial charge in [-0.15, -0.1) is 0 Å². The number of nitriles is 1. The number of guanidine groups is 4. The van der Waals surface area contributed by atoms with Gasteiger partial charge in [0.25, 0.3) is 0 Å². The molecule has 4 aromatic carbocycles. The lowest BCUT2D eigenvalue weighted by Gasteiger charge is -2.66. The molecule has 128 heavy (non-hydrogen) atoms. The number of benzene rings is 4. The number of rotatable bonds is 21. The molecule has 3 aromatic heterocycles. The Hall–Kier alpha value is -10.5. The van der Waals surface area contributed by atoms with E-state index in [2.05, 4.69) is 41.0 Å². The van der Waals surface area contributed by atoms with Crippen molar-refractivity contribution >= 4 is 75.5 Å². The summed E-state index contributed by atoms with van der Waals surface area (Å²) in [5.41, 5.74) is 17.3. The second kappa shape index (κ2) is 36.5. The predicted molar refractivity (Wildman–Crippen MR) is 453 cm³/mol. The van der Waals surface area contributed by atoms with E-state index in [1.165, 1.54) is 154 Å². The van der Waals surface area contributed by atoms with Crippen molar-refractivity contribution in [1.82, 2.24) is 32.2 Å². The number of methoxy groups -OCH3 is 4. The predicted octanol–water partition coefficient (Wildman–Crippen LogP) is 7.09. The van der Waals surface area contributed by atoms with Gasteiger partial charge in [0, 0.05) is 109 Å². The number of nitrogens with zero attached hydrogens (tertiary/aromatic N) is 12. The number of hydrogen-bond donors (Lipinski definition) is 4. The zero-order chi connectivity index (χ0) is 92.1. The van der Waals surface area contributed by atoms with Gasteiger partial charge in [-0.05, 0) is 136 Å². The third-order valence-corrected chi connectivity index (χ3v) is 33.8. The van der Waals surface area contributed by atoms with Crippen molar-refractivity contribution in [2.45, 2.75) is 113 Å². The fourth-order valence-electron chi connectivity index (χ4n) is 17.9. The van der Waals surface area contributed by atoms with E-state index in [0.29, 0.717) is 28.9 Å². The summed E-state index contributed by atoms with van der Waals surface area (Å²) in [6.45, 7) is 0.420. The van der Waals surface area contributed by atoms with Crippen LogP contribution in [0.3, 0.4) is 0 Å². The lowest BCUT2D eigenvalue weighted by Crippen LogP contribution is -2.63. The van der Waals surface area contributed by atoms with Crippen LogP contribution in [0, 0.1) is 51.2 Å². The van der Waals surface area contributed by atoms with Gasteiger partial charge in [0.05, 0.1) is 119 Å². The first-order chi connectivity index (χ1) is 60.7. The van der Waals surface area contributed by atoms with Gasteiger partial charge < -0.3 is 79.8 Å². The van der Waals surface area contributed by atoms with Gasteiger partial charge in [0.1, 0.15) is 95.2 Å². The maximum absolute atomic E-state index is 15.2. The maximum atomic E-state index is 15.2. The van der Waals surface area contributed by atoms with Crippen molar-refractivity contribution in [2.75, 3.05) is 116 Å². The first-order valence-electron chi connectivity index (χ1n) is 39.9. The molecule has 12 atom stereocenters. The lowest BCUT2D eigenvalue weighted by atomic mass is 9.36. The highest BCUT2D eigenvalue weighted by molar-refractivity contribution is 7.91. The minimum Gasteiger partial charge on any atom is -0.493 e. The van der Waals surface area contributed by atoms with Gasteiger partial charge in [-0.1, -0.05) is 11.6 Å². The number of hydrogen-bond acceptors (Lipinski definition) is 32. The molecule has 0 amide bonds. The second-order valence-corrected chi connectivity index (χ2v) is 41.5. The Labute approximate surface area is 740 Å². The highest BCUT2D eigenvalue weighted by Gasteiger charge is 2.69. The van der Waals surface area contributed by atoms with Crippen LogP contribution in [0.2, 0.25) is 5.02 Å². The van der Waals surface area contributed by atoms with Crippen LogP contribution in [0.25, 0.3) is 0 Å². The number of ether oxygens (including phenoxy) is 12. The van der Waals surface area contributed by atoms with E-state index < -0.39 is 137 Å². The summed E-state index contributed by atoms with van der Waals surface area (Å²) < 4.78 is 252. The summed E-state index contributed by atoms with van der Waals surface area (Å²) in [7, 11) is -4.56. The minimum absolute atomic E-state index is 0.00416. The number of nitrogens with two attached hydrogens (primary N) is 4. The number of aliphatic imine (C=N–C) groups is 4. The summed E-state index contributed by atoms with van der Waals surface area (Å²) in [5, 5.41) is 5.08. The Morgan fingerprint density at radius 2 is 0.758 bits per heavy atom. The molecule has 11 aliphatic rings. The number of pyridine rings is 3. The number of sulfonamides is 4. The summed E-state index contributed by atoms with van der Waals surface area (Å²) in [6.07, 6.45) is 9.08. The summed E-state index contributed by atoms with van der Waals surface area (Å²) in [6, 6.07) is 24.7. The van der Waals surface area contributed by atoms with Crippen LogP contribution in [0.5, 0.6) is 40.2 Å². The van der Waals surface area contributed by atoms with Crippen LogP contribution in [-0.2, 0) is 100 Å². The molecule has 18 rings (SSSR count). The van der Waals surface area contributed by atoms with Gasteiger partial charge in [0.15, 0.2) is 17.3 Å². The van der Waals surface area contributed by atoms with E-state index in [9.17, 15) is 43.3 Å². The molecule has 3 aliphatic carbocycles. The van der Waals surface area contributed by atoms with Gasteiger partial charge in [-0.2, -0.15) is 5.26 Å². The SMILES string of the molecule is COC[C@H]1C[C@@H]2[C@](c3cc(OCC45CC(C#N)(C4)C5)ccc3F)(CO1)N=C(N)N(C)S2(=O)=O.COC[C@H]1C[C@@H]2[C@](c3cc(Oc4cccnc4)ccc3F)(CO1)N=C(N)N(C)S2(=O)=O.COC[C@H]1C[C@@H]2[C@](c3cc(Oc4ccncc4F)ccc3F)(CO1)N=C(N)N(C)S2(=O)=O.COC[C@H]1C[C@@H]2[C@](c3cc(Oc4cnccc4Cl)ccc3F)(CO1)N=C(N)N(C)S2(=O)=O. The van der Waals surface area contributed by atoms with Crippen LogP contribution >= 0.6 is 11.6 Å². The second-order valence-electron chi connectivity index (χ2n) is 32.5. The molecule has 8 aliphatic heterocycles. The molecular formula is C82H94ClF5N16O20S4. The molecule has 3 saturated carbocycles. The molecule has 36 nitrogen and oxygen atoms in total. The van der Waals surface area contributed by atoms with E-state index >= 15 is 17.6 Å². The molecule has 0 spiro atoms. The third kappa shape index (κ3) is 17.5. The summed E-state index contributed by atoms with van der Waals surface area (Å²) in [4.78, 5) is 29.4. The number of fused-ring (bicyclic) bond motifs is 4. The monoisotopic (exact) mass is 1880 g/mol. The van der Waals surface area contributed by atoms with Gasteiger partial charge in [-0.3, -0.25) is 15.0 Å². The van der Waals surface area contributed by atoms with Crippen LogP contribution in [0.1, 0.15) is 67.2 Å². The average molecular weight is 1880 g/mol. The molecule has 11 heterocycles. The Morgan fingerprint density at radius 3 is 1.09 bits per heavy atom. The molecule has 8 N–H and O–H groups in total. The van der Waals surface area contributed by atoms with E-state index in [-0.39, 0.29) is 158 Å².